The Hall–Kier alpha value is -0.540. The minimum absolute atomic E-state index is 0.114. The number of hydrogen-bond acceptors (Lipinski definition) is 1. The second kappa shape index (κ2) is 4.80. The standard InChI is InChI=1S/C10H18F3N/c1-5-8(3)9(4,6-2)14-7-10(11,12)13/h7-8H,5-6H2,1-4H3/t8?,9-/m0/s1. The summed E-state index contributed by atoms with van der Waals surface area (Å²) in [6.45, 7) is 7.52. The van der Waals surface area contributed by atoms with Gasteiger partial charge in [-0.1, -0.05) is 27.2 Å². The number of nitrogens with zero attached hydrogens (tertiary/aromatic N) is 1. The van der Waals surface area contributed by atoms with Crippen molar-refractivity contribution >= 4 is 6.21 Å². The molecule has 1 nitrogen and oxygen atoms in total. The Labute approximate surface area is 83.4 Å². The van der Waals surface area contributed by atoms with E-state index in [1.54, 1.807) is 6.92 Å². The summed E-state index contributed by atoms with van der Waals surface area (Å²) in [5, 5.41) is 0. The summed E-state index contributed by atoms with van der Waals surface area (Å²) >= 11 is 0. The average molecular weight is 209 g/mol. The Morgan fingerprint density at radius 2 is 1.79 bits per heavy atom. The normalized spacial score (nSPS) is 19.6. The second-order valence-electron chi connectivity index (χ2n) is 3.82. The zero-order valence-electron chi connectivity index (χ0n) is 9.15. The molecule has 0 aromatic heterocycles. The fourth-order valence-electron chi connectivity index (χ4n) is 1.23. The monoisotopic (exact) mass is 209 g/mol. The van der Waals surface area contributed by atoms with E-state index in [0.29, 0.717) is 6.42 Å². The van der Waals surface area contributed by atoms with Crippen LogP contribution in [0.25, 0.3) is 0 Å². The molecule has 0 aliphatic heterocycles. The summed E-state index contributed by atoms with van der Waals surface area (Å²) < 4.78 is 35.8. The fourth-order valence-corrected chi connectivity index (χ4v) is 1.23. The van der Waals surface area contributed by atoms with Gasteiger partial charge in [0, 0.05) is 0 Å². The molecule has 0 saturated carbocycles. The molecule has 0 amide bonds. The Balaban J connectivity index is 4.63. The van der Waals surface area contributed by atoms with Crippen molar-refractivity contribution < 1.29 is 13.2 Å². The molecule has 4 heteroatoms. The topological polar surface area (TPSA) is 12.4 Å². The third kappa shape index (κ3) is 4.11. The van der Waals surface area contributed by atoms with E-state index in [1.165, 1.54) is 0 Å². The summed E-state index contributed by atoms with van der Waals surface area (Å²) in [5.41, 5.74) is -0.593. The largest absolute Gasteiger partial charge is 0.426 e. The summed E-state index contributed by atoms with van der Waals surface area (Å²) in [5.74, 6) is 0.158. The SMILES string of the molecule is CCC(C)[C@](C)(CC)N=CC(F)(F)F. The van der Waals surface area contributed by atoms with Gasteiger partial charge in [0.1, 0.15) is 6.21 Å². The van der Waals surface area contributed by atoms with Gasteiger partial charge >= 0.3 is 6.18 Å². The molecule has 0 aliphatic rings. The third-order valence-electron chi connectivity index (χ3n) is 2.90. The molecule has 84 valence electrons. The maximum absolute atomic E-state index is 11.9. The first kappa shape index (κ1) is 13.5. The molecule has 0 spiro atoms. The molecule has 0 heterocycles. The Morgan fingerprint density at radius 1 is 1.29 bits per heavy atom. The molecule has 0 N–H and O–H groups in total. The van der Waals surface area contributed by atoms with Gasteiger partial charge < -0.3 is 0 Å². The van der Waals surface area contributed by atoms with Gasteiger partial charge in [-0.15, -0.1) is 0 Å². The fraction of sp³-hybridized carbons (Fsp3) is 0.900. The minimum atomic E-state index is -4.30. The maximum atomic E-state index is 11.9. The lowest BCUT2D eigenvalue weighted by Gasteiger charge is -2.30. The van der Waals surface area contributed by atoms with Crippen molar-refractivity contribution in [3.05, 3.63) is 0 Å². The van der Waals surface area contributed by atoms with E-state index in [-0.39, 0.29) is 12.1 Å². The van der Waals surface area contributed by atoms with Crippen LogP contribution in [0.5, 0.6) is 0 Å². The zero-order chi connectivity index (χ0) is 11.4. The van der Waals surface area contributed by atoms with Crippen LogP contribution in [-0.4, -0.2) is 17.9 Å². The molecule has 0 rings (SSSR count). The number of hydrogen-bond donors (Lipinski definition) is 0. The first-order valence-corrected chi connectivity index (χ1v) is 4.88. The molecule has 0 bridgehead atoms. The lowest BCUT2D eigenvalue weighted by molar-refractivity contribution is -0.0543. The highest BCUT2D eigenvalue weighted by Crippen LogP contribution is 2.28. The van der Waals surface area contributed by atoms with Gasteiger partial charge in [-0.2, -0.15) is 13.2 Å². The van der Waals surface area contributed by atoms with Crippen molar-refractivity contribution in [3.8, 4) is 0 Å². The maximum Gasteiger partial charge on any atom is 0.426 e. The minimum Gasteiger partial charge on any atom is -0.282 e. The van der Waals surface area contributed by atoms with Crippen molar-refractivity contribution in [2.45, 2.75) is 52.3 Å². The van der Waals surface area contributed by atoms with Crippen LogP contribution in [0.15, 0.2) is 4.99 Å². The average Bonchev–Trinajstić information content (AvgIpc) is 2.11. The van der Waals surface area contributed by atoms with E-state index in [0.717, 1.165) is 6.42 Å². The Morgan fingerprint density at radius 3 is 2.07 bits per heavy atom. The molecule has 0 aromatic carbocycles. The number of aliphatic imine (C=N–C) groups is 1. The molecule has 2 atom stereocenters. The molecule has 1 unspecified atom stereocenters. The quantitative estimate of drug-likeness (QED) is 0.624. The molecular formula is C10H18F3N. The van der Waals surface area contributed by atoms with E-state index in [4.69, 9.17) is 0 Å². The molecule has 0 radical (unpaired) electrons. The summed E-state index contributed by atoms with van der Waals surface area (Å²) in [6, 6.07) is 0. The number of rotatable bonds is 4. The number of halogens is 3. The molecular weight excluding hydrogens is 191 g/mol. The van der Waals surface area contributed by atoms with Gasteiger partial charge in [-0.05, 0) is 19.3 Å². The van der Waals surface area contributed by atoms with E-state index in [2.05, 4.69) is 4.99 Å². The Bertz CT molecular complexity index is 198. The van der Waals surface area contributed by atoms with Gasteiger partial charge in [-0.25, -0.2) is 0 Å². The van der Waals surface area contributed by atoms with Crippen molar-refractivity contribution in [1.82, 2.24) is 0 Å². The van der Waals surface area contributed by atoms with Crippen molar-refractivity contribution in [1.29, 1.82) is 0 Å². The van der Waals surface area contributed by atoms with Gasteiger partial charge in [0.15, 0.2) is 0 Å². The first-order chi connectivity index (χ1) is 6.25. The lowest BCUT2D eigenvalue weighted by atomic mass is 9.83. The van der Waals surface area contributed by atoms with Crippen LogP contribution >= 0.6 is 0 Å². The summed E-state index contributed by atoms with van der Waals surface area (Å²) in [6.07, 6.45) is -2.74. The smallest absolute Gasteiger partial charge is 0.282 e. The van der Waals surface area contributed by atoms with Crippen LogP contribution in [0.4, 0.5) is 13.2 Å². The van der Waals surface area contributed by atoms with Crippen LogP contribution in [0.3, 0.4) is 0 Å². The summed E-state index contributed by atoms with van der Waals surface area (Å²) in [7, 11) is 0. The molecule has 0 aromatic rings. The predicted molar refractivity (Wildman–Crippen MR) is 52.7 cm³/mol. The van der Waals surface area contributed by atoms with Gasteiger partial charge in [-0.3, -0.25) is 4.99 Å². The highest BCUT2D eigenvalue weighted by atomic mass is 19.4. The van der Waals surface area contributed by atoms with E-state index in [1.807, 2.05) is 20.8 Å². The zero-order valence-corrected chi connectivity index (χ0v) is 9.15. The van der Waals surface area contributed by atoms with Crippen LogP contribution in [0, 0.1) is 5.92 Å². The van der Waals surface area contributed by atoms with Crippen molar-refractivity contribution in [3.63, 3.8) is 0 Å². The van der Waals surface area contributed by atoms with Gasteiger partial charge in [0.05, 0.1) is 5.54 Å². The molecule has 0 fully saturated rings. The van der Waals surface area contributed by atoms with E-state index in [9.17, 15) is 13.2 Å². The van der Waals surface area contributed by atoms with E-state index >= 15 is 0 Å². The van der Waals surface area contributed by atoms with Crippen LogP contribution in [0.2, 0.25) is 0 Å². The highest BCUT2D eigenvalue weighted by molar-refractivity contribution is 5.64. The third-order valence-corrected chi connectivity index (χ3v) is 2.90. The molecule has 0 saturated heterocycles. The summed E-state index contributed by atoms with van der Waals surface area (Å²) in [4.78, 5) is 3.67. The van der Waals surface area contributed by atoms with E-state index < -0.39 is 11.7 Å². The second-order valence-corrected chi connectivity index (χ2v) is 3.82. The van der Waals surface area contributed by atoms with Crippen LogP contribution < -0.4 is 0 Å². The van der Waals surface area contributed by atoms with Crippen LogP contribution in [0.1, 0.15) is 40.5 Å². The lowest BCUT2D eigenvalue weighted by Crippen LogP contribution is -2.31. The number of alkyl halides is 3. The van der Waals surface area contributed by atoms with Crippen LogP contribution in [-0.2, 0) is 0 Å². The van der Waals surface area contributed by atoms with Crippen molar-refractivity contribution in [2.24, 2.45) is 10.9 Å². The molecule has 0 aliphatic carbocycles. The van der Waals surface area contributed by atoms with Gasteiger partial charge in [0.25, 0.3) is 0 Å². The Kier molecular flexibility index (Phi) is 4.62. The van der Waals surface area contributed by atoms with Gasteiger partial charge in [0.2, 0.25) is 0 Å². The predicted octanol–water partition coefficient (Wildman–Crippen LogP) is 3.83. The van der Waals surface area contributed by atoms with Crippen molar-refractivity contribution in [2.75, 3.05) is 0 Å². The highest BCUT2D eigenvalue weighted by Gasteiger charge is 2.30. The first-order valence-electron chi connectivity index (χ1n) is 4.88. The molecule has 14 heavy (non-hydrogen) atoms.